The lowest BCUT2D eigenvalue weighted by molar-refractivity contribution is 0.0694. The molecule has 0 saturated heterocycles. The van der Waals surface area contributed by atoms with Gasteiger partial charge in [-0.05, 0) is 83.1 Å². The van der Waals surface area contributed by atoms with Crippen molar-refractivity contribution in [2.45, 2.75) is 46.8 Å². The maximum atomic E-state index is 13.2. The molecule has 10 heteroatoms. The van der Waals surface area contributed by atoms with E-state index in [9.17, 15) is 24.6 Å². The van der Waals surface area contributed by atoms with Crippen LogP contribution in [0.25, 0.3) is 0 Å². The fraction of sp³-hybridized carbons (Fsp3) is 0.250. The molecule has 10 nitrogen and oxygen atoms in total. The smallest absolute Gasteiger partial charge is 0.336 e. The van der Waals surface area contributed by atoms with Crippen LogP contribution >= 0.6 is 0 Å². The van der Waals surface area contributed by atoms with Crippen molar-refractivity contribution in [2.75, 3.05) is 16.4 Å². The van der Waals surface area contributed by atoms with Crippen molar-refractivity contribution >= 4 is 34.8 Å². The molecule has 0 unspecified atom stereocenters. The van der Waals surface area contributed by atoms with Gasteiger partial charge in [0.2, 0.25) is 0 Å². The molecule has 0 aliphatic carbocycles. The van der Waals surface area contributed by atoms with E-state index >= 15 is 0 Å². The van der Waals surface area contributed by atoms with Gasteiger partial charge < -0.3 is 36.1 Å². The number of benzene rings is 3. The fourth-order valence-electron chi connectivity index (χ4n) is 3.64. The minimum atomic E-state index is -1.13. The molecule has 38 heavy (non-hydrogen) atoms. The van der Waals surface area contributed by atoms with E-state index in [4.69, 9.17) is 15.2 Å². The number of amides is 2. The summed E-state index contributed by atoms with van der Waals surface area (Å²) in [5.74, 6) is -2.62. The van der Waals surface area contributed by atoms with E-state index in [0.717, 1.165) is 0 Å². The molecule has 2 amide bonds. The van der Waals surface area contributed by atoms with Crippen LogP contribution in [0.3, 0.4) is 0 Å². The Hall–Kier alpha value is -4.73. The zero-order valence-corrected chi connectivity index (χ0v) is 21.8. The summed E-state index contributed by atoms with van der Waals surface area (Å²) in [7, 11) is 0. The summed E-state index contributed by atoms with van der Waals surface area (Å²) in [6, 6.07) is 11.9. The summed E-state index contributed by atoms with van der Waals surface area (Å²) >= 11 is 0. The molecule has 0 radical (unpaired) electrons. The molecule has 0 aliphatic rings. The second kappa shape index (κ2) is 11.5. The molecule has 200 valence electrons. The van der Waals surface area contributed by atoms with Gasteiger partial charge in [-0.1, -0.05) is 0 Å². The lowest BCUT2D eigenvalue weighted by Gasteiger charge is -2.20. The first-order valence-corrected chi connectivity index (χ1v) is 11.9. The van der Waals surface area contributed by atoms with Gasteiger partial charge in [-0.15, -0.1) is 0 Å². The van der Waals surface area contributed by atoms with E-state index in [-0.39, 0.29) is 46.2 Å². The fourth-order valence-corrected chi connectivity index (χ4v) is 3.64. The Morgan fingerprint density at radius 3 is 1.82 bits per heavy atom. The second-order valence-corrected chi connectivity index (χ2v) is 9.12. The number of hydrogen-bond acceptors (Lipinski definition) is 7. The van der Waals surface area contributed by atoms with Crippen molar-refractivity contribution in [3.63, 3.8) is 0 Å². The zero-order chi connectivity index (χ0) is 28.1. The van der Waals surface area contributed by atoms with Crippen molar-refractivity contribution < 1.29 is 34.1 Å². The number of nitrogen functional groups attached to an aromatic ring is 1. The Morgan fingerprint density at radius 1 is 0.763 bits per heavy atom. The van der Waals surface area contributed by atoms with Crippen LogP contribution in [0.1, 0.15) is 64.3 Å². The number of carbonyl (C=O) groups is 3. The SMILES string of the molecule is Cc1c(C(=O)O)ccc(NC(=O)c2ccc(NC(=O)c3ccc(N)cc3)c(OC(C)C)c2O)c1OC(C)C. The predicted molar refractivity (Wildman–Crippen MR) is 145 cm³/mol. The standard InChI is InChI=1S/C28H31N3O7/c1-14(2)37-24-16(5)19(28(35)36)10-12-21(24)31-27(34)20-11-13-22(25(23(20)32)38-15(3)4)30-26(33)17-6-8-18(29)9-7-17/h6-15,32H,29H2,1-5H3,(H,30,33)(H,31,34)(H,35,36). The van der Waals surface area contributed by atoms with E-state index in [0.29, 0.717) is 16.8 Å². The molecule has 0 saturated carbocycles. The first kappa shape index (κ1) is 27.9. The molecule has 0 spiro atoms. The first-order valence-electron chi connectivity index (χ1n) is 11.9. The highest BCUT2D eigenvalue weighted by Crippen LogP contribution is 2.40. The Morgan fingerprint density at radius 2 is 1.26 bits per heavy atom. The normalized spacial score (nSPS) is 10.8. The lowest BCUT2D eigenvalue weighted by Crippen LogP contribution is -2.18. The van der Waals surface area contributed by atoms with Crippen LogP contribution in [0.15, 0.2) is 48.5 Å². The number of anilines is 3. The highest BCUT2D eigenvalue weighted by molar-refractivity contribution is 6.10. The molecule has 3 rings (SSSR count). The Bertz CT molecular complexity index is 1370. The van der Waals surface area contributed by atoms with Crippen molar-refractivity contribution in [2.24, 2.45) is 0 Å². The summed E-state index contributed by atoms with van der Waals surface area (Å²) in [5, 5.41) is 25.8. The predicted octanol–water partition coefficient (Wildman–Crippen LogP) is 5.06. The molecule has 0 bridgehead atoms. The number of carbonyl (C=O) groups excluding carboxylic acids is 2. The third kappa shape index (κ3) is 6.33. The number of carboxylic acid groups (broad SMARTS) is 1. The topological polar surface area (TPSA) is 160 Å². The maximum Gasteiger partial charge on any atom is 0.336 e. The number of nitrogens with two attached hydrogens (primary N) is 1. The van der Waals surface area contributed by atoms with Crippen molar-refractivity contribution in [3.05, 3.63) is 70.8 Å². The Labute approximate surface area is 220 Å². The van der Waals surface area contributed by atoms with Crippen molar-refractivity contribution in [1.29, 1.82) is 0 Å². The first-order chi connectivity index (χ1) is 17.9. The number of aromatic hydroxyl groups is 1. The molecule has 0 atom stereocenters. The van der Waals surface area contributed by atoms with E-state index in [1.807, 2.05) is 0 Å². The maximum absolute atomic E-state index is 13.2. The number of hydrogen-bond donors (Lipinski definition) is 5. The number of aromatic carboxylic acids is 1. The molecular weight excluding hydrogens is 490 g/mol. The third-order valence-electron chi connectivity index (χ3n) is 5.39. The lowest BCUT2D eigenvalue weighted by atomic mass is 10.1. The number of rotatable bonds is 9. The van der Waals surface area contributed by atoms with Gasteiger partial charge in [-0.3, -0.25) is 9.59 Å². The third-order valence-corrected chi connectivity index (χ3v) is 5.39. The average Bonchev–Trinajstić information content (AvgIpc) is 2.83. The van der Waals surface area contributed by atoms with Crippen molar-refractivity contribution in [1.82, 2.24) is 0 Å². The van der Waals surface area contributed by atoms with Crippen LogP contribution in [0.4, 0.5) is 17.1 Å². The van der Waals surface area contributed by atoms with Crippen LogP contribution in [-0.2, 0) is 0 Å². The largest absolute Gasteiger partial charge is 0.504 e. The molecule has 6 N–H and O–H groups in total. The average molecular weight is 522 g/mol. The van der Waals surface area contributed by atoms with Crippen LogP contribution in [0.5, 0.6) is 17.2 Å². The summed E-state index contributed by atoms with van der Waals surface area (Å²) in [6.45, 7) is 8.61. The summed E-state index contributed by atoms with van der Waals surface area (Å²) in [4.78, 5) is 37.5. The number of ether oxygens (including phenoxy) is 2. The van der Waals surface area contributed by atoms with E-state index < -0.39 is 23.5 Å². The molecular formula is C28H31N3O7. The van der Waals surface area contributed by atoms with Crippen LogP contribution in [0.2, 0.25) is 0 Å². The molecule has 3 aromatic rings. The van der Waals surface area contributed by atoms with Gasteiger partial charge in [0.15, 0.2) is 11.5 Å². The number of nitrogens with one attached hydrogen (secondary N) is 2. The minimum Gasteiger partial charge on any atom is -0.504 e. The quantitative estimate of drug-likeness (QED) is 0.244. The van der Waals surface area contributed by atoms with Crippen LogP contribution < -0.4 is 25.8 Å². The van der Waals surface area contributed by atoms with E-state index in [1.165, 1.54) is 24.3 Å². The van der Waals surface area contributed by atoms with Gasteiger partial charge in [-0.25, -0.2) is 4.79 Å². The van der Waals surface area contributed by atoms with Crippen LogP contribution in [-0.4, -0.2) is 40.2 Å². The zero-order valence-electron chi connectivity index (χ0n) is 21.8. The van der Waals surface area contributed by atoms with Gasteiger partial charge in [-0.2, -0.15) is 0 Å². The van der Waals surface area contributed by atoms with Gasteiger partial charge in [0.05, 0.1) is 34.7 Å². The highest BCUT2D eigenvalue weighted by Gasteiger charge is 2.24. The number of phenols is 1. The Balaban J connectivity index is 1.97. The Kier molecular flexibility index (Phi) is 8.46. The number of phenolic OH excluding ortho intramolecular Hbond substituents is 1. The highest BCUT2D eigenvalue weighted by atomic mass is 16.5. The molecule has 0 aromatic heterocycles. The van der Waals surface area contributed by atoms with Crippen LogP contribution in [0, 0.1) is 6.92 Å². The van der Waals surface area contributed by atoms with E-state index in [1.54, 1.807) is 58.9 Å². The second-order valence-electron chi connectivity index (χ2n) is 9.12. The molecule has 0 aliphatic heterocycles. The summed E-state index contributed by atoms with van der Waals surface area (Å²) < 4.78 is 11.6. The minimum absolute atomic E-state index is 0.0373. The molecule has 0 heterocycles. The van der Waals surface area contributed by atoms with Gasteiger partial charge in [0.1, 0.15) is 5.75 Å². The number of carboxylic acids is 1. The summed E-state index contributed by atoms with van der Waals surface area (Å²) in [6.07, 6.45) is -0.680. The van der Waals surface area contributed by atoms with Gasteiger partial charge in [0.25, 0.3) is 11.8 Å². The van der Waals surface area contributed by atoms with Gasteiger partial charge in [0, 0.05) is 16.8 Å². The monoisotopic (exact) mass is 521 g/mol. The summed E-state index contributed by atoms with van der Waals surface area (Å²) in [5.41, 5.74) is 7.19. The van der Waals surface area contributed by atoms with Crippen molar-refractivity contribution in [3.8, 4) is 17.2 Å². The molecule has 0 fully saturated rings. The van der Waals surface area contributed by atoms with Gasteiger partial charge >= 0.3 is 5.97 Å². The molecule has 3 aromatic carbocycles. The van der Waals surface area contributed by atoms with E-state index in [2.05, 4.69) is 10.6 Å².